The molecule has 0 aromatic heterocycles. The third-order valence-corrected chi connectivity index (χ3v) is 3.60. The highest BCUT2D eigenvalue weighted by atomic mass is 16.2. The first-order chi connectivity index (χ1) is 9.69. The molecule has 1 aliphatic rings. The van der Waals surface area contributed by atoms with Crippen molar-refractivity contribution >= 4 is 11.6 Å². The van der Waals surface area contributed by atoms with Crippen LogP contribution in [0.3, 0.4) is 0 Å². The van der Waals surface area contributed by atoms with Crippen molar-refractivity contribution in [3.63, 3.8) is 0 Å². The third kappa shape index (κ3) is 2.69. The van der Waals surface area contributed by atoms with Crippen LogP contribution in [0.4, 0.5) is 0 Å². The van der Waals surface area contributed by atoms with Crippen molar-refractivity contribution < 1.29 is 9.59 Å². The van der Waals surface area contributed by atoms with Crippen LogP contribution in [0.25, 0.3) is 0 Å². The minimum atomic E-state index is -0.652. The standard InChI is InChI=1S/C18H18O2/c1-3-5-8-13(4-2)18(20)17-15-10-7-6-9-14(15)11-12-16(17)19/h3-10,17H,1,11-12H2,2H3/b8-5-,13-4+. The first kappa shape index (κ1) is 14.2. The molecule has 1 aromatic rings. The van der Waals surface area contributed by atoms with Gasteiger partial charge in [-0.05, 0) is 24.5 Å². The molecule has 1 aromatic carbocycles. The molecular formula is C18H18O2. The molecule has 0 fully saturated rings. The van der Waals surface area contributed by atoms with Gasteiger partial charge in [-0.25, -0.2) is 0 Å². The quantitative estimate of drug-likeness (QED) is 0.474. The Morgan fingerprint density at radius 3 is 2.75 bits per heavy atom. The van der Waals surface area contributed by atoms with Gasteiger partial charge in [0.15, 0.2) is 5.78 Å². The van der Waals surface area contributed by atoms with Crippen LogP contribution in [0.15, 0.2) is 60.7 Å². The highest BCUT2D eigenvalue weighted by molar-refractivity contribution is 6.16. The number of aryl methyl sites for hydroxylation is 1. The zero-order chi connectivity index (χ0) is 14.5. The molecule has 1 aliphatic carbocycles. The second-order valence-electron chi connectivity index (χ2n) is 4.80. The Labute approximate surface area is 119 Å². The maximum Gasteiger partial charge on any atom is 0.177 e. The van der Waals surface area contributed by atoms with Crippen molar-refractivity contribution in [2.75, 3.05) is 0 Å². The summed E-state index contributed by atoms with van der Waals surface area (Å²) >= 11 is 0. The van der Waals surface area contributed by atoms with E-state index in [0.29, 0.717) is 12.0 Å². The van der Waals surface area contributed by atoms with Crippen LogP contribution in [-0.2, 0) is 16.0 Å². The van der Waals surface area contributed by atoms with Gasteiger partial charge in [-0.1, -0.05) is 55.1 Å². The number of benzene rings is 1. The van der Waals surface area contributed by atoms with E-state index in [-0.39, 0.29) is 11.6 Å². The van der Waals surface area contributed by atoms with Crippen molar-refractivity contribution in [2.24, 2.45) is 0 Å². The Hall–Kier alpha value is -2.22. The molecule has 0 heterocycles. The van der Waals surface area contributed by atoms with Gasteiger partial charge < -0.3 is 0 Å². The number of carbonyl (C=O) groups excluding carboxylic acids is 2. The summed E-state index contributed by atoms with van der Waals surface area (Å²) in [6, 6.07) is 7.72. The first-order valence-electron chi connectivity index (χ1n) is 6.79. The maximum absolute atomic E-state index is 12.6. The highest BCUT2D eigenvalue weighted by Crippen LogP contribution is 2.31. The van der Waals surface area contributed by atoms with Crippen molar-refractivity contribution in [3.8, 4) is 0 Å². The van der Waals surface area contributed by atoms with Gasteiger partial charge >= 0.3 is 0 Å². The van der Waals surface area contributed by atoms with Gasteiger partial charge in [0, 0.05) is 12.0 Å². The zero-order valence-corrected chi connectivity index (χ0v) is 11.6. The second kappa shape index (κ2) is 6.29. The van der Waals surface area contributed by atoms with Gasteiger partial charge in [0.1, 0.15) is 11.7 Å². The summed E-state index contributed by atoms with van der Waals surface area (Å²) in [6.07, 6.45) is 7.95. The van der Waals surface area contributed by atoms with Crippen molar-refractivity contribution in [1.29, 1.82) is 0 Å². The molecule has 0 radical (unpaired) electrons. The Kier molecular flexibility index (Phi) is 4.46. The van der Waals surface area contributed by atoms with Gasteiger partial charge in [0.2, 0.25) is 0 Å². The minimum absolute atomic E-state index is 0.0139. The summed E-state index contributed by atoms with van der Waals surface area (Å²) in [5.74, 6) is -0.761. The molecule has 2 nitrogen and oxygen atoms in total. The van der Waals surface area contributed by atoms with Gasteiger partial charge in [0.25, 0.3) is 0 Å². The van der Waals surface area contributed by atoms with Crippen LogP contribution >= 0.6 is 0 Å². The number of fused-ring (bicyclic) bond motifs is 1. The van der Waals surface area contributed by atoms with E-state index in [4.69, 9.17) is 0 Å². The van der Waals surface area contributed by atoms with E-state index < -0.39 is 5.92 Å². The smallest absolute Gasteiger partial charge is 0.177 e. The summed E-state index contributed by atoms with van der Waals surface area (Å²) in [4.78, 5) is 24.8. The number of hydrogen-bond donors (Lipinski definition) is 0. The molecule has 20 heavy (non-hydrogen) atoms. The zero-order valence-electron chi connectivity index (χ0n) is 11.6. The Bertz CT molecular complexity index is 606. The molecule has 0 spiro atoms. The molecule has 0 saturated carbocycles. The van der Waals surface area contributed by atoms with Crippen LogP contribution < -0.4 is 0 Å². The molecule has 2 heteroatoms. The summed E-state index contributed by atoms with van der Waals surface area (Å²) in [5.41, 5.74) is 2.52. The molecule has 0 saturated heterocycles. The third-order valence-electron chi connectivity index (χ3n) is 3.60. The number of carbonyl (C=O) groups is 2. The predicted molar refractivity (Wildman–Crippen MR) is 80.6 cm³/mol. The van der Waals surface area contributed by atoms with Gasteiger partial charge in [-0.3, -0.25) is 9.59 Å². The molecule has 0 N–H and O–H groups in total. The summed E-state index contributed by atoms with van der Waals surface area (Å²) < 4.78 is 0. The van der Waals surface area contributed by atoms with Crippen LogP contribution in [0.1, 0.15) is 30.4 Å². The van der Waals surface area contributed by atoms with Crippen LogP contribution in [0.5, 0.6) is 0 Å². The van der Waals surface area contributed by atoms with Gasteiger partial charge in [0.05, 0.1) is 0 Å². The average molecular weight is 266 g/mol. The van der Waals surface area contributed by atoms with Crippen LogP contribution in [-0.4, -0.2) is 11.6 Å². The number of ketones is 2. The molecule has 2 rings (SSSR count). The number of Topliss-reactive ketones (excluding diaryl/α,β-unsaturated/α-hetero) is 2. The molecule has 102 valence electrons. The maximum atomic E-state index is 12.6. The molecular weight excluding hydrogens is 248 g/mol. The number of allylic oxidation sites excluding steroid dienone is 5. The average Bonchev–Trinajstić information content (AvgIpc) is 2.47. The van der Waals surface area contributed by atoms with Crippen molar-refractivity contribution in [3.05, 3.63) is 71.8 Å². The lowest BCUT2D eigenvalue weighted by Gasteiger charge is -2.23. The minimum Gasteiger partial charge on any atom is -0.298 e. The van der Waals surface area contributed by atoms with Crippen molar-refractivity contribution in [1.82, 2.24) is 0 Å². The van der Waals surface area contributed by atoms with Gasteiger partial charge in [-0.15, -0.1) is 0 Å². The SMILES string of the molecule is C=C/C=C\C(=C/C)C(=O)C1C(=O)CCc2ccccc21. The number of rotatable bonds is 4. The topological polar surface area (TPSA) is 34.1 Å². The molecule has 1 unspecified atom stereocenters. The lowest BCUT2D eigenvalue weighted by atomic mass is 9.78. The first-order valence-corrected chi connectivity index (χ1v) is 6.79. The Morgan fingerprint density at radius 1 is 1.30 bits per heavy atom. The fourth-order valence-electron chi connectivity index (χ4n) is 2.57. The van der Waals surface area contributed by atoms with E-state index in [1.165, 1.54) is 0 Å². The van der Waals surface area contributed by atoms with Crippen LogP contribution in [0, 0.1) is 0 Å². The molecule has 1 atom stereocenters. The van der Waals surface area contributed by atoms with E-state index in [1.807, 2.05) is 24.3 Å². The summed E-state index contributed by atoms with van der Waals surface area (Å²) in [5, 5.41) is 0. The lowest BCUT2D eigenvalue weighted by Crippen LogP contribution is -2.28. The summed E-state index contributed by atoms with van der Waals surface area (Å²) in [6.45, 7) is 5.40. The monoisotopic (exact) mass is 266 g/mol. The molecule has 0 aliphatic heterocycles. The largest absolute Gasteiger partial charge is 0.298 e. The predicted octanol–water partition coefficient (Wildman–Crippen LogP) is 3.54. The fourth-order valence-corrected chi connectivity index (χ4v) is 2.57. The van der Waals surface area contributed by atoms with E-state index in [1.54, 1.807) is 31.2 Å². The molecule has 0 amide bonds. The van der Waals surface area contributed by atoms with Crippen LogP contribution in [0.2, 0.25) is 0 Å². The lowest BCUT2D eigenvalue weighted by molar-refractivity contribution is -0.127. The normalized spacial score (nSPS) is 18.9. The Balaban J connectivity index is 2.41. The second-order valence-corrected chi connectivity index (χ2v) is 4.80. The molecule has 0 bridgehead atoms. The van der Waals surface area contributed by atoms with E-state index in [2.05, 4.69) is 6.58 Å². The van der Waals surface area contributed by atoms with E-state index in [9.17, 15) is 9.59 Å². The van der Waals surface area contributed by atoms with E-state index in [0.717, 1.165) is 17.5 Å². The van der Waals surface area contributed by atoms with Crippen molar-refractivity contribution in [2.45, 2.75) is 25.7 Å². The number of hydrogen-bond acceptors (Lipinski definition) is 2. The highest BCUT2D eigenvalue weighted by Gasteiger charge is 2.33. The van der Waals surface area contributed by atoms with E-state index >= 15 is 0 Å². The summed E-state index contributed by atoms with van der Waals surface area (Å²) in [7, 11) is 0. The Morgan fingerprint density at radius 2 is 2.05 bits per heavy atom. The fraction of sp³-hybridized carbons (Fsp3) is 0.222. The van der Waals surface area contributed by atoms with Gasteiger partial charge in [-0.2, -0.15) is 0 Å².